The molecule has 0 saturated carbocycles. The van der Waals surface area contributed by atoms with Crippen LogP contribution >= 0.6 is 7.80 Å². The lowest BCUT2D eigenvalue weighted by atomic mass is 10.1. The lowest BCUT2D eigenvalue weighted by Crippen LogP contribution is -2.28. The van der Waals surface area contributed by atoms with Gasteiger partial charge < -0.3 is 19.9 Å². The average molecular weight is 340 g/mol. The van der Waals surface area contributed by atoms with Gasteiger partial charge in [-0.3, -0.25) is 5.41 Å². The predicted octanol–water partition coefficient (Wildman–Crippen LogP) is 0.951. The molecular formula is C13H19N5O4P+. The summed E-state index contributed by atoms with van der Waals surface area (Å²) in [4.78, 5) is 3.97. The quantitative estimate of drug-likeness (QED) is 0.475. The summed E-state index contributed by atoms with van der Waals surface area (Å²) in [5.41, 5.74) is 5.39. The Morgan fingerprint density at radius 2 is 2.17 bits per heavy atom. The van der Waals surface area contributed by atoms with E-state index >= 15 is 0 Å². The first kappa shape index (κ1) is 16.2. The Hall–Kier alpha value is -1.67. The first-order valence-electron chi connectivity index (χ1n) is 7.12. The lowest BCUT2D eigenvalue weighted by Gasteiger charge is -2.22. The molecule has 0 aromatic carbocycles. The molecule has 9 nitrogen and oxygen atoms in total. The fraction of sp³-hybridized carbons (Fsp3) is 0.615. The Labute approximate surface area is 134 Å². The molecule has 2 saturated heterocycles. The van der Waals surface area contributed by atoms with E-state index in [4.69, 9.17) is 25.4 Å². The van der Waals surface area contributed by atoms with Gasteiger partial charge in [0.25, 0.3) is 0 Å². The SMILES string of the molecule is C[P+](=O)/C=C/C1OC(n2cnc(C(=N)N)n2)C2OC(C)(C)OC12. The maximum Gasteiger partial charge on any atom is 0.365 e. The minimum atomic E-state index is -1.42. The molecule has 2 fully saturated rings. The highest BCUT2D eigenvalue weighted by atomic mass is 31.1. The summed E-state index contributed by atoms with van der Waals surface area (Å²) in [6.07, 6.45) is 1.47. The van der Waals surface area contributed by atoms with Crippen molar-refractivity contribution in [3.63, 3.8) is 0 Å². The van der Waals surface area contributed by atoms with Gasteiger partial charge in [0, 0.05) is 0 Å². The number of hydrogen-bond donors (Lipinski definition) is 2. The Kier molecular flexibility index (Phi) is 4.05. The van der Waals surface area contributed by atoms with Crippen LogP contribution in [-0.4, -0.2) is 51.4 Å². The van der Waals surface area contributed by atoms with Gasteiger partial charge in [-0.1, -0.05) is 4.57 Å². The molecule has 5 atom stereocenters. The molecule has 0 spiro atoms. The molecule has 124 valence electrons. The lowest BCUT2D eigenvalue weighted by molar-refractivity contribution is -0.192. The first-order valence-corrected chi connectivity index (χ1v) is 8.89. The normalized spacial score (nSPS) is 33.1. The fourth-order valence-electron chi connectivity index (χ4n) is 2.70. The molecule has 3 rings (SSSR count). The summed E-state index contributed by atoms with van der Waals surface area (Å²) in [6.45, 7) is 5.26. The largest absolute Gasteiger partial charge is 0.381 e. The van der Waals surface area contributed by atoms with Crippen LogP contribution in [0.4, 0.5) is 0 Å². The fourth-order valence-corrected chi connectivity index (χ4v) is 3.11. The van der Waals surface area contributed by atoms with Gasteiger partial charge in [0.2, 0.25) is 5.82 Å². The van der Waals surface area contributed by atoms with E-state index < -0.39 is 32.0 Å². The summed E-state index contributed by atoms with van der Waals surface area (Å²) in [5, 5.41) is 11.5. The molecule has 3 N–H and O–H groups in total. The molecule has 0 bridgehead atoms. The maximum atomic E-state index is 11.3. The van der Waals surface area contributed by atoms with Crippen LogP contribution < -0.4 is 5.73 Å². The van der Waals surface area contributed by atoms with Gasteiger partial charge in [0.15, 0.2) is 23.7 Å². The van der Waals surface area contributed by atoms with Crippen molar-refractivity contribution in [2.75, 3.05) is 6.66 Å². The zero-order valence-corrected chi connectivity index (χ0v) is 13.9. The summed E-state index contributed by atoms with van der Waals surface area (Å²) < 4.78 is 30.5. The van der Waals surface area contributed by atoms with Gasteiger partial charge in [-0.25, -0.2) is 9.67 Å². The molecule has 0 radical (unpaired) electrons. The third kappa shape index (κ3) is 3.18. The van der Waals surface area contributed by atoms with Crippen molar-refractivity contribution < 1.29 is 18.8 Å². The zero-order chi connectivity index (χ0) is 16.8. The number of rotatable bonds is 4. The average Bonchev–Trinajstić information content (AvgIpc) is 3.09. The number of hydrogen-bond acceptors (Lipinski definition) is 7. The van der Waals surface area contributed by atoms with Crippen LogP contribution in [0.15, 0.2) is 18.2 Å². The van der Waals surface area contributed by atoms with Gasteiger partial charge in [-0.05, 0) is 19.9 Å². The van der Waals surface area contributed by atoms with Gasteiger partial charge in [-0.2, -0.15) is 0 Å². The van der Waals surface area contributed by atoms with Crippen LogP contribution in [0.3, 0.4) is 0 Å². The number of nitrogens with two attached hydrogens (primary N) is 1. The molecule has 1 aromatic rings. The molecule has 23 heavy (non-hydrogen) atoms. The summed E-state index contributed by atoms with van der Waals surface area (Å²) >= 11 is 0. The minimum Gasteiger partial charge on any atom is -0.381 e. The molecule has 2 aliphatic rings. The van der Waals surface area contributed by atoms with Crippen LogP contribution in [0.5, 0.6) is 0 Å². The second-order valence-electron chi connectivity index (χ2n) is 5.91. The molecule has 2 aliphatic heterocycles. The van der Waals surface area contributed by atoms with Crippen molar-refractivity contribution in [3.8, 4) is 0 Å². The van der Waals surface area contributed by atoms with Crippen molar-refractivity contribution in [1.29, 1.82) is 5.41 Å². The van der Waals surface area contributed by atoms with Gasteiger partial charge in [0.1, 0.15) is 31.3 Å². The topological polar surface area (TPSA) is 125 Å². The monoisotopic (exact) mass is 340 g/mol. The highest BCUT2D eigenvalue weighted by Crippen LogP contribution is 2.43. The van der Waals surface area contributed by atoms with Crippen LogP contribution in [0.2, 0.25) is 0 Å². The van der Waals surface area contributed by atoms with Gasteiger partial charge in [-0.15, -0.1) is 5.10 Å². The first-order chi connectivity index (χ1) is 10.8. The van der Waals surface area contributed by atoms with Crippen LogP contribution in [0.25, 0.3) is 0 Å². The number of nitrogens with one attached hydrogen (secondary N) is 1. The van der Waals surface area contributed by atoms with E-state index in [1.165, 1.54) is 11.0 Å². The second kappa shape index (κ2) is 5.76. The molecule has 3 heterocycles. The van der Waals surface area contributed by atoms with Crippen molar-refractivity contribution in [2.45, 2.75) is 44.2 Å². The molecule has 1 aromatic heterocycles. The van der Waals surface area contributed by atoms with Crippen LogP contribution in [0, 0.1) is 5.41 Å². The van der Waals surface area contributed by atoms with Crippen LogP contribution in [-0.2, 0) is 18.8 Å². The molecule has 5 unspecified atom stereocenters. The van der Waals surface area contributed by atoms with E-state index in [-0.39, 0.29) is 17.8 Å². The van der Waals surface area contributed by atoms with Crippen molar-refractivity contribution >= 4 is 13.6 Å². The van der Waals surface area contributed by atoms with E-state index in [0.717, 1.165) is 0 Å². The molecule has 10 heteroatoms. The van der Waals surface area contributed by atoms with Gasteiger partial charge >= 0.3 is 7.80 Å². The standard InChI is InChI=1S/C13H19N5O4P/c1-13(2)21-8-7(4-5-23(3)19)20-12(9(8)22-13)18-6-16-11(17-18)10(14)15/h4-9,12H,1-3H3,(H3,14,15)/q+1/b5-4+. The van der Waals surface area contributed by atoms with E-state index in [9.17, 15) is 4.57 Å². The minimum absolute atomic E-state index is 0.124. The van der Waals surface area contributed by atoms with E-state index in [2.05, 4.69) is 10.1 Å². The Morgan fingerprint density at radius 1 is 1.48 bits per heavy atom. The molecule has 0 amide bonds. The Balaban J connectivity index is 1.88. The Bertz CT molecular complexity index is 673. The smallest absolute Gasteiger partial charge is 0.365 e. The predicted molar refractivity (Wildman–Crippen MR) is 81.4 cm³/mol. The highest BCUT2D eigenvalue weighted by Gasteiger charge is 2.55. The van der Waals surface area contributed by atoms with Crippen molar-refractivity contribution in [1.82, 2.24) is 14.8 Å². The number of nitrogen functional groups attached to an aromatic ring is 1. The van der Waals surface area contributed by atoms with E-state index in [0.29, 0.717) is 0 Å². The third-order valence-corrected chi connectivity index (χ3v) is 4.15. The van der Waals surface area contributed by atoms with E-state index in [1.54, 1.807) is 18.6 Å². The summed E-state index contributed by atoms with van der Waals surface area (Å²) in [7, 11) is -1.42. The zero-order valence-electron chi connectivity index (χ0n) is 13.0. The summed E-state index contributed by atoms with van der Waals surface area (Å²) in [5.74, 6) is 0.749. The number of aromatic nitrogens is 3. The summed E-state index contributed by atoms with van der Waals surface area (Å²) in [6, 6.07) is 0. The number of nitrogens with zero attached hydrogens (tertiary/aromatic N) is 3. The second-order valence-corrected chi connectivity index (χ2v) is 7.30. The van der Waals surface area contributed by atoms with Gasteiger partial charge in [0.05, 0.1) is 0 Å². The van der Waals surface area contributed by atoms with Crippen LogP contribution in [0.1, 0.15) is 25.9 Å². The van der Waals surface area contributed by atoms with Crippen molar-refractivity contribution in [3.05, 3.63) is 24.0 Å². The molecular weight excluding hydrogens is 321 g/mol. The maximum absolute atomic E-state index is 11.3. The molecule has 0 aliphatic carbocycles. The third-order valence-electron chi connectivity index (χ3n) is 3.56. The number of amidine groups is 1. The number of ether oxygens (including phenoxy) is 3. The Morgan fingerprint density at radius 3 is 2.78 bits per heavy atom. The number of fused-ring (bicyclic) bond motifs is 1. The van der Waals surface area contributed by atoms with Crippen molar-refractivity contribution in [2.24, 2.45) is 5.73 Å². The highest BCUT2D eigenvalue weighted by molar-refractivity contribution is 7.47. The van der Waals surface area contributed by atoms with E-state index in [1.807, 2.05) is 13.8 Å².